The second-order valence-electron chi connectivity index (χ2n) is 5.43. The Labute approximate surface area is 125 Å². The van der Waals surface area contributed by atoms with E-state index in [1.165, 1.54) is 31.4 Å². The lowest BCUT2D eigenvalue weighted by Gasteiger charge is -2.36. The maximum atomic E-state index is 14.3. The first-order valence-electron chi connectivity index (χ1n) is 7.59. The van der Waals surface area contributed by atoms with Gasteiger partial charge in [0.1, 0.15) is 5.82 Å². The topological polar surface area (TPSA) is 40.5 Å². The van der Waals surface area contributed by atoms with E-state index in [0.717, 1.165) is 25.5 Å². The van der Waals surface area contributed by atoms with Crippen molar-refractivity contribution in [2.75, 3.05) is 11.4 Å². The minimum absolute atomic E-state index is 0.282. The summed E-state index contributed by atoms with van der Waals surface area (Å²) in [4.78, 5) is 12.8. The highest BCUT2D eigenvalue weighted by molar-refractivity contribution is 5.87. The van der Waals surface area contributed by atoms with Crippen molar-refractivity contribution < 1.29 is 14.3 Å². The van der Waals surface area contributed by atoms with Crippen LogP contribution in [0.2, 0.25) is 0 Å². The van der Waals surface area contributed by atoms with Crippen LogP contribution in [0.4, 0.5) is 10.1 Å². The SMILES string of the molecule is CCN(c1c(F)cccc1/C=C/C(=O)O)C1CCCCC1. The number of hydrogen-bond acceptors (Lipinski definition) is 2. The molecule has 0 amide bonds. The van der Waals surface area contributed by atoms with Gasteiger partial charge in [-0.1, -0.05) is 31.4 Å². The zero-order chi connectivity index (χ0) is 15.2. The molecule has 0 radical (unpaired) electrons. The summed E-state index contributed by atoms with van der Waals surface area (Å²) in [5.41, 5.74) is 1.16. The highest BCUT2D eigenvalue weighted by Gasteiger charge is 2.23. The number of hydrogen-bond donors (Lipinski definition) is 1. The molecule has 0 aromatic heterocycles. The van der Waals surface area contributed by atoms with Crippen LogP contribution < -0.4 is 4.90 Å². The molecule has 1 aliphatic carbocycles. The van der Waals surface area contributed by atoms with E-state index in [4.69, 9.17) is 5.11 Å². The minimum Gasteiger partial charge on any atom is -0.478 e. The summed E-state index contributed by atoms with van der Waals surface area (Å²) in [6.07, 6.45) is 8.29. The van der Waals surface area contributed by atoms with Crippen molar-refractivity contribution in [2.24, 2.45) is 0 Å². The minimum atomic E-state index is -1.02. The Kier molecular flexibility index (Phi) is 5.37. The monoisotopic (exact) mass is 291 g/mol. The summed E-state index contributed by atoms with van der Waals surface area (Å²) >= 11 is 0. The average Bonchev–Trinajstić information content (AvgIpc) is 2.49. The first kappa shape index (κ1) is 15.5. The Morgan fingerprint density at radius 1 is 1.38 bits per heavy atom. The molecule has 2 rings (SSSR count). The van der Waals surface area contributed by atoms with Gasteiger partial charge >= 0.3 is 5.97 Å². The van der Waals surface area contributed by atoms with Gasteiger partial charge in [0, 0.05) is 24.2 Å². The van der Waals surface area contributed by atoms with E-state index in [2.05, 4.69) is 4.90 Å². The number of carboxylic acid groups (broad SMARTS) is 1. The first-order valence-corrected chi connectivity index (χ1v) is 7.59. The smallest absolute Gasteiger partial charge is 0.328 e. The van der Waals surface area contributed by atoms with Crippen LogP contribution in [-0.4, -0.2) is 23.7 Å². The standard InChI is InChI=1S/C17H22FNO2/c1-2-19(14-8-4-3-5-9-14)17-13(11-12-16(20)21)7-6-10-15(17)18/h6-7,10-12,14H,2-5,8-9H2,1H3,(H,20,21)/b12-11+. The van der Waals surface area contributed by atoms with Gasteiger partial charge in [-0.15, -0.1) is 0 Å². The van der Waals surface area contributed by atoms with Crippen LogP contribution in [0, 0.1) is 5.82 Å². The van der Waals surface area contributed by atoms with E-state index in [1.54, 1.807) is 12.1 Å². The van der Waals surface area contributed by atoms with Gasteiger partial charge in [0.25, 0.3) is 0 Å². The third-order valence-corrected chi connectivity index (χ3v) is 4.07. The van der Waals surface area contributed by atoms with Crippen LogP contribution in [0.25, 0.3) is 6.08 Å². The molecule has 0 unspecified atom stereocenters. The quantitative estimate of drug-likeness (QED) is 0.831. The number of carbonyl (C=O) groups is 1. The Balaban J connectivity index is 2.36. The van der Waals surface area contributed by atoms with Crippen LogP contribution in [-0.2, 0) is 4.79 Å². The van der Waals surface area contributed by atoms with Crippen LogP contribution in [0.5, 0.6) is 0 Å². The van der Waals surface area contributed by atoms with Crippen molar-refractivity contribution >= 4 is 17.7 Å². The molecule has 4 heteroatoms. The molecule has 1 aromatic rings. The van der Waals surface area contributed by atoms with Crippen LogP contribution in [0.3, 0.4) is 0 Å². The predicted molar refractivity (Wildman–Crippen MR) is 83.0 cm³/mol. The van der Waals surface area contributed by atoms with Crippen molar-refractivity contribution in [1.82, 2.24) is 0 Å². The fourth-order valence-corrected chi connectivity index (χ4v) is 3.12. The van der Waals surface area contributed by atoms with Crippen molar-refractivity contribution in [3.8, 4) is 0 Å². The predicted octanol–water partition coefficient (Wildman–Crippen LogP) is 4.08. The molecule has 3 nitrogen and oxygen atoms in total. The molecule has 0 heterocycles. The summed E-state index contributed by atoms with van der Waals surface area (Å²) in [5.74, 6) is -1.30. The number of halogens is 1. The Morgan fingerprint density at radius 2 is 2.10 bits per heavy atom. The molecular weight excluding hydrogens is 269 g/mol. The lowest BCUT2D eigenvalue weighted by atomic mass is 9.93. The number of para-hydroxylation sites is 1. The van der Waals surface area contributed by atoms with Gasteiger partial charge in [0.2, 0.25) is 0 Å². The third kappa shape index (κ3) is 3.84. The number of aliphatic carboxylic acids is 1. The molecule has 1 fully saturated rings. The molecule has 0 aliphatic heterocycles. The zero-order valence-electron chi connectivity index (χ0n) is 12.4. The average molecular weight is 291 g/mol. The van der Waals surface area contributed by atoms with E-state index in [1.807, 2.05) is 6.92 Å². The fourth-order valence-electron chi connectivity index (χ4n) is 3.12. The van der Waals surface area contributed by atoms with Gasteiger partial charge in [-0.2, -0.15) is 0 Å². The summed E-state index contributed by atoms with van der Waals surface area (Å²) in [5, 5.41) is 8.79. The molecular formula is C17H22FNO2. The zero-order valence-corrected chi connectivity index (χ0v) is 12.4. The molecule has 114 valence electrons. The normalized spacial score (nSPS) is 16.3. The molecule has 1 aliphatic rings. The van der Waals surface area contributed by atoms with Gasteiger partial charge in [0.05, 0.1) is 5.69 Å². The number of nitrogens with zero attached hydrogens (tertiary/aromatic N) is 1. The number of carboxylic acids is 1. The molecule has 0 saturated heterocycles. The molecule has 0 spiro atoms. The second kappa shape index (κ2) is 7.25. The van der Waals surface area contributed by atoms with Crippen molar-refractivity contribution in [1.29, 1.82) is 0 Å². The maximum absolute atomic E-state index is 14.3. The molecule has 0 atom stereocenters. The lowest BCUT2D eigenvalue weighted by molar-refractivity contribution is -0.131. The largest absolute Gasteiger partial charge is 0.478 e. The summed E-state index contributed by atoms with van der Waals surface area (Å²) in [6, 6.07) is 5.18. The van der Waals surface area contributed by atoms with Crippen molar-refractivity contribution in [2.45, 2.75) is 45.1 Å². The van der Waals surface area contributed by atoms with E-state index in [-0.39, 0.29) is 5.82 Å². The van der Waals surface area contributed by atoms with Crippen molar-refractivity contribution in [3.05, 3.63) is 35.7 Å². The van der Waals surface area contributed by atoms with Crippen LogP contribution in [0.1, 0.15) is 44.6 Å². The Bertz CT molecular complexity index is 522. The molecule has 21 heavy (non-hydrogen) atoms. The van der Waals surface area contributed by atoms with Gasteiger partial charge in [-0.05, 0) is 31.9 Å². The lowest BCUT2D eigenvalue weighted by Crippen LogP contribution is -2.37. The third-order valence-electron chi connectivity index (χ3n) is 4.07. The number of rotatable bonds is 5. The summed E-state index contributed by atoms with van der Waals surface area (Å²) in [7, 11) is 0. The van der Waals surface area contributed by atoms with Gasteiger partial charge in [-0.3, -0.25) is 0 Å². The Hall–Kier alpha value is -1.84. The van der Waals surface area contributed by atoms with Gasteiger partial charge < -0.3 is 10.0 Å². The van der Waals surface area contributed by atoms with Gasteiger partial charge in [0.15, 0.2) is 0 Å². The number of anilines is 1. The van der Waals surface area contributed by atoms with Crippen molar-refractivity contribution in [3.63, 3.8) is 0 Å². The molecule has 1 saturated carbocycles. The van der Waals surface area contributed by atoms with Crippen LogP contribution in [0.15, 0.2) is 24.3 Å². The second-order valence-corrected chi connectivity index (χ2v) is 5.43. The molecule has 1 aromatic carbocycles. The maximum Gasteiger partial charge on any atom is 0.328 e. The van der Waals surface area contributed by atoms with E-state index >= 15 is 0 Å². The summed E-state index contributed by atoms with van der Waals surface area (Å²) in [6.45, 7) is 2.74. The Morgan fingerprint density at radius 3 is 2.71 bits per heavy atom. The highest BCUT2D eigenvalue weighted by Crippen LogP contribution is 2.32. The van der Waals surface area contributed by atoms with E-state index < -0.39 is 5.97 Å². The number of benzene rings is 1. The summed E-state index contributed by atoms with van der Waals surface area (Å²) < 4.78 is 14.3. The van der Waals surface area contributed by atoms with E-state index in [9.17, 15) is 9.18 Å². The highest BCUT2D eigenvalue weighted by atomic mass is 19.1. The first-order chi connectivity index (χ1) is 10.1. The van der Waals surface area contributed by atoms with E-state index in [0.29, 0.717) is 17.3 Å². The molecule has 0 bridgehead atoms. The molecule has 1 N–H and O–H groups in total. The van der Waals surface area contributed by atoms with Crippen LogP contribution >= 0.6 is 0 Å². The van der Waals surface area contributed by atoms with Gasteiger partial charge in [-0.25, -0.2) is 9.18 Å². The fraction of sp³-hybridized carbons (Fsp3) is 0.471.